The second-order valence-electron chi connectivity index (χ2n) is 6.36. The minimum Gasteiger partial charge on any atom is -0.464 e. The summed E-state index contributed by atoms with van der Waals surface area (Å²) in [6, 6.07) is 8.59. The summed E-state index contributed by atoms with van der Waals surface area (Å²) in [5.74, 6) is 0. The summed E-state index contributed by atoms with van der Waals surface area (Å²) >= 11 is 0. The maximum Gasteiger partial charge on any atom is 0.337 e. The van der Waals surface area contributed by atoms with Crippen molar-refractivity contribution in [2.75, 3.05) is 6.61 Å². The second kappa shape index (κ2) is 6.99. The quantitative estimate of drug-likeness (QED) is 0.710. The molecule has 3 aromatic rings. The number of fused-ring (bicyclic) bond motifs is 1. The van der Waals surface area contributed by atoms with Crippen LogP contribution in [0.15, 0.2) is 56.8 Å². The van der Waals surface area contributed by atoms with Crippen molar-refractivity contribution < 1.29 is 19.4 Å². The first-order chi connectivity index (χ1) is 13.1. The van der Waals surface area contributed by atoms with Crippen LogP contribution in [0.4, 0.5) is 0 Å². The molecule has 1 saturated heterocycles. The number of aromatic nitrogens is 2. The molecule has 1 aliphatic heterocycles. The van der Waals surface area contributed by atoms with Gasteiger partial charge in [0.05, 0.1) is 19.0 Å². The topological polar surface area (TPSA) is 107 Å². The predicted octanol–water partition coefficient (Wildman–Crippen LogP) is 1.02. The van der Waals surface area contributed by atoms with Crippen molar-refractivity contribution >= 4 is 23.2 Å². The third kappa shape index (κ3) is 3.25. The standard InChI is InChI=1S/C19H18N2O6/c22-11-16-14(23)10-18(27-16)21-7-4-17(24)20(19(21)25)6-3-12-1-2-15-13(9-12)5-8-26-15/h1-9,14,16,18,22-23H,10-11H2/b6-3+/t14-,16+,18+/m0/s1. The molecule has 0 radical (unpaired) electrons. The largest absolute Gasteiger partial charge is 0.464 e. The highest BCUT2D eigenvalue weighted by atomic mass is 16.5. The number of hydrogen-bond donors (Lipinski definition) is 2. The first kappa shape index (κ1) is 17.5. The molecule has 2 aromatic heterocycles. The molecule has 1 aliphatic rings. The first-order valence-electron chi connectivity index (χ1n) is 8.50. The molecule has 1 aromatic carbocycles. The third-order valence-electron chi connectivity index (χ3n) is 4.63. The normalized spacial score (nSPS) is 22.8. The highest BCUT2D eigenvalue weighted by Crippen LogP contribution is 2.27. The van der Waals surface area contributed by atoms with Gasteiger partial charge in [-0.2, -0.15) is 0 Å². The summed E-state index contributed by atoms with van der Waals surface area (Å²) in [4.78, 5) is 24.8. The van der Waals surface area contributed by atoms with Crippen molar-refractivity contribution in [1.82, 2.24) is 9.13 Å². The van der Waals surface area contributed by atoms with E-state index in [0.717, 1.165) is 21.1 Å². The maximum atomic E-state index is 12.7. The number of benzene rings is 1. The van der Waals surface area contributed by atoms with Crippen molar-refractivity contribution in [2.45, 2.75) is 24.9 Å². The van der Waals surface area contributed by atoms with Gasteiger partial charge in [-0.05, 0) is 29.8 Å². The number of hydrogen-bond acceptors (Lipinski definition) is 6. The van der Waals surface area contributed by atoms with Crippen molar-refractivity contribution in [1.29, 1.82) is 0 Å². The van der Waals surface area contributed by atoms with Crippen molar-refractivity contribution in [3.05, 3.63) is 69.2 Å². The summed E-state index contributed by atoms with van der Waals surface area (Å²) in [7, 11) is 0. The lowest BCUT2D eigenvalue weighted by Gasteiger charge is -2.15. The first-order valence-corrected chi connectivity index (χ1v) is 8.50. The van der Waals surface area contributed by atoms with Crippen LogP contribution in [0.5, 0.6) is 0 Å². The minimum absolute atomic E-state index is 0.157. The number of rotatable bonds is 4. The molecule has 1 fully saturated rings. The molecular formula is C19H18N2O6. The Balaban J connectivity index is 1.66. The summed E-state index contributed by atoms with van der Waals surface area (Å²) in [6.45, 7) is -0.345. The lowest BCUT2D eigenvalue weighted by Crippen LogP contribution is -2.38. The van der Waals surface area contributed by atoms with E-state index in [1.54, 1.807) is 12.3 Å². The summed E-state index contributed by atoms with van der Waals surface area (Å²) in [5, 5.41) is 20.0. The fourth-order valence-corrected chi connectivity index (χ4v) is 3.16. The summed E-state index contributed by atoms with van der Waals surface area (Å²) in [6.07, 6.45) is 3.77. The number of aliphatic hydroxyl groups excluding tert-OH is 2. The van der Waals surface area contributed by atoms with Crippen LogP contribution >= 0.6 is 0 Å². The molecule has 3 heterocycles. The number of ether oxygens (including phenoxy) is 1. The molecule has 27 heavy (non-hydrogen) atoms. The van der Waals surface area contributed by atoms with E-state index in [1.165, 1.54) is 23.0 Å². The molecule has 8 heteroatoms. The Morgan fingerprint density at radius 2 is 2.07 bits per heavy atom. The van der Waals surface area contributed by atoms with E-state index in [2.05, 4.69) is 0 Å². The summed E-state index contributed by atoms with van der Waals surface area (Å²) < 4.78 is 13.0. The van der Waals surface area contributed by atoms with Crippen LogP contribution in [-0.4, -0.2) is 38.2 Å². The molecule has 2 N–H and O–H groups in total. The van der Waals surface area contributed by atoms with E-state index >= 15 is 0 Å². The minimum atomic E-state index is -0.871. The second-order valence-corrected chi connectivity index (χ2v) is 6.36. The number of furan rings is 1. The number of aliphatic hydroxyl groups is 2. The molecule has 0 bridgehead atoms. The highest BCUT2D eigenvalue weighted by Gasteiger charge is 2.35. The van der Waals surface area contributed by atoms with E-state index in [-0.39, 0.29) is 13.0 Å². The monoisotopic (exact) mass is 370 g/mol. The van der Waals surface area contributed by atoms with Crippen LogP contribution in [0.2, 0.25) is 0 Å². The predicted molar refractivity (Wildman–Crippen MR) is 98.0 cm³/mol. The fourth-order valence-electron chi connectivity index (χ4n) is 3.16. The van der Waals surface area contributed by atoms with E-state index in [1.807, 2.05) is 24.3 Å². The van der Waals surface area contributed by atoms with Crippen LogP contribution < -0.4 is 11.2 Å². The zero-order chi connectivity index (χ0) is 19.0. The van der Waals surface area contributed by atoms with Gasteiger partial charge in [0.15, 0.2) is 0 Å². The van der Waals surface area contributed by atoms with Crippen LogP contribution in [-0.2, 0) is 4.74 Å². The fraction of sp³-hybridized carbons (Fsp3) is 0.263. The average Bonchev–Trinajstić information content (AvgIpc) is 3.27. The Kier molecular flexibility index (Phi) is 4.53. The van der Waals surface area contributed by atoms with Gasteiger partial charge in [0.25, 0.3) is 5.56 Å². The van der Waals surface area contributed by atoms with Crippen molar-refractivity contribution in [2.24, 2.45) is 0 Å². The number of nitrogens with zero attached hydrogens (tertiary/aromatic N) is 2. The van der Waals surface area contributed by atoms with Gasteiger partial charge >= 0.3 is 5.69 Å². The lowest BCUT2D eigenvalue weighted by molar-refractivity contribution is -0.0460. The Morgan fingerprint density at radius 1 is 1.22 bits per heavy atom. The van der Waals surface area contributed by atoms with Crippen molar-refractivity contribution in [3.63, 3.8) is 0 Å². The van der Waals surface area contributed by atoms with Gasteiger partial charge in [0, 0.05) is 30.3 Å². The van der Waals surface area contributed by atoms with Crippen LogP contribution in [0.3, 0.4) is 0 Å². The molecule has 0 unspecified atom stereocenters. The molecule has 0 amide bonds. The molecule has 3 atom stereocenters. The van der Waals surface area contributed by atoms with Gasteiger partial charge in [-0.15, -0.1) is 0 Å². The Morgan fingerprint density at radius 3 is 2.85 bits per heavy atom. The SMILES string of the molecule is O=c1ccn([C@H]2C[C@H](O)[C@@H](CO)O2)c(=O)n1/C=C/c1ccc2occc2c1. The molecule has 0 aliphatic carbocycles. The van der Waals surface area contributed by atoms with E-state index in [0.29, 0.717) is 0 Å². The Labute approximate surface area is 153 Å². The zero-order valence-corrected chi connectivity index (χ0v) is 14.3. The van der Waals surface area contributed by atoms with Gasteiger partial charge in [-0.1, -0.05) is 6.07 Å². The van der Waals surface area contributed by atoms with Crippen LogP contribution in [0, 0.1) is 0 Å². The van der Waals surface area contributed by atoms with Gasteiger partial charge in [-0.25, -0.2) is 9.36 Å². The Bertz CT molecular complexity index is 1110. The molecule has 4 rings (SSSR count). The van der Waals surface area contributed by atoms with Gasteiger partial charge in [-0.3, -0.25) is 9.36 Å². The van der Waals surface area contributed by atoms with E-state index < -0.39 is 29.7 Å². The molecule has 0 saturated carbocycles. The Hall–Kier alpha value is -2.94. The third-order valence-corrected chi connectivity index (χ3v) is 4.63. The van der Waals surface area contributed by atoms with Gasteiger partial charge < -0.3 is 19.4 Å². The van der Waals surface area contributed by atoms with Gasteiger partial charge in [0.1, 0.15) is 17.9 Å². The van der Waals surface area contributed by atoms with Crippen LogP contribution in [0.25, 0.3) is 23.2 Å². The van der Waals surface area contributed by atoms with Crippen molar-refractivity contribution in [3.8, 4) is 0 Å². The average molecular weight is 370 g/mol. The zero-order valence-electron chi connectivity index (χ0n) is 14.3. The summed E-state index contributed by atoms with van der Waals surface area (Å²) in [5.41, 5.74) is 0.494. The molecule has 140 valence electrons. The maximum absolute atomic E-state index is 12.7. The van der Waals surface area contributed by atoms with E-state index in [4.69, 9.17) is 9.15 Å². The lowest BCUT2D eigenvalue weighted by atomic mass is 10.1. The molecule has 0 spiro atoms. The smallest absolute Gasteiger partial charge is 0.337 e. The molecular weight excluding hydrogens is 352 g/mol. The molecule has 8 nitrogen and oxygen atoms in total. The van der Waals surface area contributed by atoms with E-state index in [9.17, 15) is 19.8 Å². The van der Waals surface area contributed by atoms with Crippen LogP contribution in [0.1, 0.15) is 18.2 Å². The highest BCUT2D eigenvalue weighted by molar-refractivity contribution is 5.80. The van der Waals surface area contributed by atoms with Gasteiger partial charge in [0.2, 0.25) is 0 Å².